The third-order valence-electron chi connectivity index (χ3n) is 25.8. The second kappa shape index (κ2) is 32.3. The fourth-order valence-corrected chi connectivity index (χ4v) is 20.7. The van der Waals surface area contributed by atoms with Crippen LogP contribution in [0.5, 0.6) is 17.2 Å². The van der Waals surface area contributed by atoms with Gasteiger partial charge in [0, 0.05) is 108 Å². The van der Waals surface area contributed by atoms with Crippen molar-refractivity contribution in [3.05, 3.63) is 327 Å². The minimum Gasteiger partial charge on any atom is -0.489 e. The maximum atomic E-state index is 6.91. The quantitative estimate of drug-likeness (QED) is 0.0294. The fourth-order valence-electron chi connectivity index (χ4n) is 20.7. The number of piperidine rings is 9. The molecule has 0 N–H and O–H groups in total. The van der Waals surface area contributed by atoms with Crippen LogP contribution in [0.2, 0.25) is 0 Å². The summed E-state index contributed by atoms with van der Waals surface area (Å²) in [5.41, 5.74) is 13.5. The lowest BCUT2D eigenvalue weighted by Gasteiger charge is -2.58. The zero-order chi connectivity index (χ0) is 73.6. The number of rotatable bonds is 33. The maximum Gasteiger partial charge on any atom is 0.135 e. The van der Waals surface area contributed by atoms with Crippen molar-refractivity contribution in [3.8, 4) is 17.2 Å². The minimum atomic E-state index is -0.119. The second-order valence-electron chi connectivity index (χ2n) is 31.9. The van der Waals surface area contributed by atoms with E-state index in [0.29, 0.717) is 75.1 Å². The first-order valence-electron chi connectivity index (χ1n) is 39.5. The summed E-state index contributed by atoms with van der Waals surface area (Å²) in [7, 11) is 0. The average molecular weight is 1440 g/mol. The molecule has 9 saturated heterocycles. The summed E-state index contributed by atoms with van der Waals surface area (Å²) >= 11 is 0. The molecule has 9 fully saturated rings. The number of fused-ring (bicyclic) bond motifs is 12. The Balaban J connectivity index is 0.645. The van der Waals surface area contributed by atoms with E-state index in [2.05, 4.69) is 240 Å². The van der Waals surface area contributed by atoms with Crippen molar-refractivity contribution in [2.75, 3.05) is 59.1 Å². The number of quaternary nitrogens is 3. The smallest absolute Gasteiger partial charge is 0.135 e. The van der Waals surface area contributed by atoms with Crippen LogP contribution in [0, 0.1) is 35.5 Å². The zero-order valence-corrected chi connectivity index (χ0v) is 62.7. The molecule has 9 aliphatic rings. The van der Waals surface area contributed by atoms with E-state index in [0.717, 1.165) is 158 Å². The van der Waals surface area contributed by atoms with E-state index in [1.54, 1.807) is 0 Å². The van der Waals surface area contributed by atoms with E-state index in [1.807, 2.05) is 36.8 Å². The molecule has 19 rings (SSSR count). The van der Waals surface area contributed by atoms with Crippen LogP contribution in [-0.2, 0) is 53.7 Å². The summed E-state index contributed by atoms with van der Waals surface area (Å²) < 4.78 is 43.9. The van der Waals surface area contributed by atoms with Crippen LogP contribution >= 0.6 is 0 Å². The first-order chi connectivity index (χ1) is 53.1. The molecule has 15 atom stereocenters. The summed E-state index contributed by atoms with van der Waals surface area (Å²) in [4.78, 5) is 14.3. The van der Waals surface area contributed by atoms with Crippen LogP contribution in [0.15, 0.2) is 277 Å². The van der Waals surface area contributed by atoms with Gasteiger partial charge in [-0.25, -0.2) is 0 Å². The molecule has 9 aliphatic heterocycles. The van der Waals surface area contributed by atoms with Crippen molar-refractivity contribution in [1.29, 1.82) is 0 Å². The van der Waals surface area contributed by atoms with E-state index in [4.69, 9.17) is 43.4 Å². The van der Waals surface area contributed by atoms with Crippen molar-refractivity contribution in [2.45, 2.75) is 114 Å². The van der Waals surface area contributed by atoms with Crippen molar-refractivity contribution < 1.29 is 41.9 Å². The lowest BCUT2D eigenvalue weighted by Crippen LogP contribution is -2.67. The molecule has 12 nitrogen and oxygen atoms in total. The van der Waals surface area contributed by atoms with Crippen LogP contribution in [0.1, 0.15) is 107 Å². The number of para-hydroxylation sites is 3. The van der Waals surface area contributed by atoms with Crippen LogP contribution in [0.3, 0.4) is 0 Å². The van der Waals surface area contributed by atoms with Gasteiger partial charge in [0.2, 0.25) is 0 Å². The van der Waals surface area contributed by atoms with Gasteiger partial charge in [0.05, 0.1) is 75.6 Å². The molecule has 6 bridgehead atoms. The van der Waals surface area contributed by atoms with Crippen LogP contribution in [0.4, 0.5) is 0 Å². The van der Waals surface area contributed by atoms with E-state index < -0.39 is 0 Å². The number of pyridine rings is 3. The van der Waals surface area contributed by atoms with Crippen LogP contribution < -0.4 is 14.2 Å². The molecule has 12 heterocycles. The van der Waals surface area contributed by atoms with Gasteiger partial charge in [-0.2, -0.15) is 0 Å². The maximum absolute atomic E-state index is 6.91. The van der Waals surface area contributed by atoms with Gasteiger partial charge in [-0.3, -0.25) is 15.0 Å². The first-order valence-corrected chi connectivity index (χ1v) is 39.5. The molecule has 12 heteroatoms. The Morgan fingerprint density at radius 1 is 0.352 bits per heavy atom. The third-order valence-corrected chi connectivity index (χ3v) is 25.8. The zero-order valence-electron chi connectivity index (χ0n) is 62.7. The largest absolute Gasteiger partial charge is 0.489 e. The topological polar surface area (TPSA) is 94.1 Å². The van der Waals surface area contributed by atoms with Gasteiger partial charge in [0.15, 0.2) is 0 Å². The monoisotopic (exact) mass is 1440 g/mol. The molecule has 3 aromatic heterocycles. The normalized spacial score (nSPS) is 26.3. The van der Waals surface area contributed by atoms with E-state index >= 15 is 0 Å². The summed E-state index contributed by atoms with van der Waals surface area (Å²) in [6.45, 7) is 36.9. The van der Waals surface area contributed by atoms with Gasteiger partial charge in [-0.05, 0) is 179 Å². The summed E-state index contributed by atoms with van der Waals surface area (Å²) in [5.74, 6) is 5.53. The van der Waals surface area contributed by atoms with Gasteiger partial charge >= 0.3 is 0 Å². The molecule has 0 spiro atoms. The Labute approximate surface area is 638 Å². The molecule has 7 aromatic carbocycles. The molecule has 0 radical (unpaired) electrons. The number of benzene rings is 7. The molecular weight excluding hydrogens is 1330 g/mol. The molecule has 0 aliphatic carbocycles. The van der Waals surface area contributed by atoms with E-state index in [-0.39, 0.29) is 36.4 Å². The van der Waals surface area contributed by atoms with Gasteiger partial charge in [-0.1, -0.05) is 91.1 Å². The molecule has 0 amide bonds. The number of hydrogen-bond acceptors (Lipinski definition) is 9. The highest BCUT2D eigenvalue weighted by atomic mass is 16.5. The number of ether oxygens (including phenoxy) is 6. The predicted molar refractivity (Wildman–Crippen MR) is 432 cm³/mol. The van der Waals surface area contributed by atoms with E-state index in [1.165, 1.54) is 52.6 Å². The van der Waals surface area contributed by atoms with Gasteiger partial charge in [-0.15, -0.1) is 39.5 Å². The molecular formula is C96H105N6O6+3. The molecule has 108 heavy (non-hydrogen) atoms. The first kappa shape index (κ1) is 72.6. The van der Waals surface area contributed by atoms with Crippen molar-refractivity contribution in [1.82, 2.24) is 15.0 Å². The van der Waals surface area contributed by atoms with Gasteiger partial charge in [0.25, 0.3) is 0 Å². The SMILES string of the molecule is C=CCO[C@@H](c1ccnc2ccccc12)[C@H]1C[C@H]2CC[N@@+]1(Cc1ccc(OCc3cc(COc4ccc(C[N@@+]56CC[C@H](C[C@@H]5[C@@H](OCC=C)c5ccnc7ccccc57)[C@@H](C=C)C6)cc4)cc(COc4ccc(C[N@@+]56CC[C@H](C[C@@H]5[C@@H](OCC=C)c5ccnc7ccccc57)[C@@H](C=C)C6)cc4)c3)cc1)C[C@@H]2C=C. The van der Waals surface area contributed by atoms with Crippen LogP contribution in [-0.4, -0.2) is 106 Å². The van der Waals surface area contributed by atoms with Crippen LogP contribution in [0.25, 0.3) is 32.7 Å². The van der Waals surface area contributed by atoms with Crippen molar-refractivity contribution >= 4 is 32.7 Å². The Morgan fingerprint density at radius 2 is 0.639 bits per heavy atom. The fraction of sp³-hybridized carbons (Fsp3) is 0.344. The highest BCUT2D eigenvalue weighted by Crippen LogP contribution is 2.53. The number of aromatic nitrogens is 3. The molecule has 552 valence electrons. The lowest BCUT2D eigenvalue weighted by atomic mass is 9.71. The summed E-state index contributed by atoms with van der Waals surface area (Å²) in [6, 6.07) is 65.9. The number of nitrogens with zero attached hydrogens (tertiary/aromatic N) is 6. The van der Waals surface area contributed by atoms with Crippen molar-refractivity contribution in [2.24, 2.45) is 35.5 Å². The Kier molecular flexibility index (Phi) is 21.7. The van der Waals surface area contributed by atoms with Gasteiger partial charge < -0.3 is 41.9 Å². The highest BCUT2D eigenvalue weighted by molar-refractivity contribution is 5.84. The Hall–Kier alpha value is -9.63. The Morgan fingerprint density at radius 3 is 0.917 bits per heavy atom. The molecule has 10 aromatic rings. The summed E-state index contributed by atoms with van der Waals surface area (Å²) in [6.07, 6.45) is 24.5. The lowest BCUT2D eigenvalue weighted by molar-refractivity contribution is -0.985. The van der Waals surface area contributed by atoms with E-state index in [9.17, 15) is 0 Å². The predicted octanol–water partition coefficient (Wildman–Crippen LogP) is 19.6. The average Bonchev–Trinajstić information content (AvgIpc) is 0.742. The minimum absolute atomic E-state index is 0.119. The second-order valence-corrected chi connectivity index (χ2v) is 31.9. The third kappa shape index (κ3) is 14.9. The standard InChI is InChI=1S/C96H105N6O6/c1-7-49-103-94(85-37-43-97-88-22-16-13-19-82(85)88)91-55-76-40-46-100(91,61-73(76)10-4)58-67-25-31-79(32-26-67)106-64-70-52-71(65-107-80-33-27-68(28-34-80)59-101-47-41-77(74(11-5)62-101)56-92(101)95(104-50-8-2)86-38-44-98-89-23-17-14-20-83(86)89)54-72(53-70)66-108-81-35-29-69(30-36-81)60-102-48-42-78(75(12-6)63-102)57-93(102)96(105-51-9-3)87-39-45-99-90-24-18-15-21-84(87)90/h7-39,43-45,52-54,73-78,91-96H,1-6,40-42,46-51,55-66H2/q+3/t73-,74-,75-,76+,77+,78+,91+,92+,93+,94-,95-,96-,100+,101+,102+/m0/s1. The highest BCUT2D eigenvalue weighted by Gasteiger charge is 2.58. The van der Waals surface area contributed by atoms with Crippen molar-refractivity contribution in [3.63, 3.8) is 0 Å². The summed E-state index contributed by atoms with van der Waals surface area (Å²) in [5, 5.41) is 3.45. The Bertz CT molecular complexity index is 4360. The molecule has 0 unspecified atom stereocenters. The van der Waals surface area contributed by atoms with Gasteiger partial charge in [0.1, 0.15) is 93.1 Å². The molecule has 0 saturated carbocycles. The number of hydrogen-bond donors (Lipinski definition) is 0.